The van der Waals surface area contributed by atoms with E-state index in [0.29, 0.717) is 11.3 Å². The van der Waals surface area contributed by atoms with Crippen LogP contribution in [0.2, 0.25) is 0 Å². The molecule has 6 heteroatoms. The summed E-state index contributed by atoms with van der Waals surface area (Å²) in [5, 5.41) is 15.1. The molecule has 0 aliphatic carbocycles. The number of amides is 2. The van der Waals surface area contributed by atoms with Crippen molar-refractivity contribution in [1.29, 1.82) is 0 Å². The van der Waals surface area contributed by atoms with E-state index in [-0.39, 0.29) is 0 Å². The Morgan fingerprint density at radius 2 is 1.77 bits per heavy atom. The van der Waals surface area contributed by atoms with E-state index < -0.39 is 29.8 Å². The fourth-order valence-corrected chi connectivity index (χ4v) is 1.97. The maximum atomic E-state index is 13.0. The average Bonchev–Trinajstić information content (AvgIpc) is 2.47. The highest BCUT2D eigenvalue weighted by Gasteiger charge is 2.18. The number of benzene rings is 2. The summed E-state index contributed by atoms with van der Waals surface area (Å²) in [5.41, 5.74) is 0.793. The van der Waals surface area contributed by atoms with Gasteiger partial charge in [-0.1, -0.05) is 18.2 Å². The summed E-state index contributed by atoms with van der Waals surface area (Å²) in [7, 11) is 0. The fraction of sp³-hybridized carbons (Fsp3) is 0.188. The van der Waals surface area contributed by atoms with Crippen LogP contribution in [0.1, 0.15) is 18.6 Å². The Balaban J connectivity index is 1.94. The number of hydrogen-bond donors (Lipinski definition) is 3. The number of halogens is 2. The lowest BCUT2D eigenvalue weighted by Gasteiger charge is -2.21. The number of hydrogen-bond acceptors (Lipinski definition) is 2. The molecule has 116 valence electrons. The first kappa shape index (κ1) is 15.9. The Morgan fingerprint density at radius 3 is 2.41 bits per heavy atom. The quantitative estimate of drug-likeness (QED) is 0.812. The highest BCUT2D eigenvalue weighted by Crippen LogP contribution is 2.17. The molecule has 0 aromatic heterocycles. The average molecular weight is 306 g/mol. The number of rotatable bonds is 4. The summed E-state index contributed by atoms with van der Waals surface area (Å²) in [6, 6.07) is 9.65. The van der Waals surface area contributed by atoms with Gasteiger partial charge in [0, 0.05) is 5.69 Å². The van der Waals surface area contributed by atoms with Crippen molar-refractivity contribution in [3.63, 3.8) is 0 Å². The highest BCUT2D eigenvalue weighted by molar-refractivity contribution is 5.89. The van der Waals surface area contributed by atoms with Gasteiger partial charge < -0.3 is 15.7 Å². The van der Waals surface area contributed by atoms with Gasteiger partial charge in [0.25, 0.3) is 0 Å². The van der Waals surface area contributed by atoms with E-state index in [2.05, 4.69) is 10.6 Å². The number of nitrogens with one attached hydrogen (secondary N) is 2. The van der Waals surface area contributed by atoms with Crippen LogP contribution in [0.5, 0.6) is 0 Å². The smallest absolute Gasteiger partial charge is 0.319 e. The third-order valence-electron chi connectivity index (χ3n) is 3.13. The first-order valence-electron chi connectivity index (χ1n) is 6.72. The van der Waals surface area contributed by atoms with Gasteiger partial charge in [-0.2, -0.15) is 0 Å². The minimum Gasteiger partial charge on any atom is -0.386 e. The minimum atomic E-state index is -0.987. The molecule has 22 heavy (non-hydrogen) atoms. The first-order chi connectivity index (χ1) is 10.5. The van der Waals surface area contributed by atoms with Gasteiger partial charge >= 0.3 is 6.03 Å². The lowest BCUT2D eigenvalue weighted by molar-refractivity contribution is 0.139. The lowest BCUT2D eigenvalue weighted by Crippen LogP contribution is -2.39. The van der Waals surface area contributed by atoms with Crippen LogP contribution in [0.15, 0.2) is 48.5 Å². The summed E-state index contributed by atoms with van der Waals surface area (Å²) in [5.74, 6) is -0.863. The molecule has 0 aliphatic rings. The second-order valence-electron chi connectivity index (χ2n) is 4.89. The molecule has 0 aliphatic heterocycles. The maximum absolute atomic E-state index is 13.0. The monoisotopic (exact) mass is 306 g/mol. The molecule has 2 aromatic carbocycles. The van der Waals surface area contributed by atoms with Gasteiger partial charge in [0.1, 0.15) is 11.6 Å². The van der Waals surface area contributed by atoms with Crippen LogP contribution in [0, 0.1) is 11.6 Å². The van der Waals surface area contributed by atoms with Crippen molar-refractivity contribution in [3.05, 3.63) is 65.7 Å². The fourth-order valence-electron chi connectivity index (χ4n) is 1.97. The third kappa shape index (κ3) is 4.26. The zero-order chi connectivity index (χ0) is 16.1. The number of anilines is 1. The normalized spacial score (nSPS) is 13.3. The van der Waals surface area contributed by atoms with Crippen molar-refractivity contribution in [2.75, 3.05) is 5.32 Å². The van der Waals surface area contributed by atoms with Crippen molar-refractivity contribution in [1.82, 2.24) is 5.32 Å². The molecule has 0 radical (unpaired) electrons. The van der Waals surface area contributed by atoms with Crippen LogP contribution in [-0.4, -0.2) is 17.2 Å². The molecular formula is C16H16F2N2O2. The summed E-state index contributed by atoms with van der Waals surface area (Å²) >= 11 is 0. The highest BCUT2D eigenvalue weighted by atomic mass is 19.1. The van der Waals surface area contributed by atoms with E-state index in [0.717, 1.165) is 0 Å². The molecule has 4 nitrogen and oxygen atoms in total. The van der Waals surface area contributed by atoms with E-state index in [4.69, 9.17) is 0 Å². The second kappa shape index (κ2) is 7.00. The van der Waals surface area contributed by atoms with Gasteiger partial charge in [-0.3, -0.25) is 0 Å². The number of carbonyl (C=O) groups is 1. The van der Waals surface area contributed by atoms with Crippen LogP contribution >= 0.6 is 0 Å². The summed E-state index contributed by atoms with van der Waals surface area (Å²) in [6.07, 6.45) is -0.987. The van der Waals surface area contributed by atoms with Gasteiger partial charge in [0.2, 0.25) is 0 Å². The Labute approximate surface area is 126 Å². The van der Waals surface area contributed by atoms with Gasteiger partial charge in [-0.25, -0.2) is 13.6 Å². The van der Waals surface area contributed by atoms with Crippen molar-refractivity contribution in [3.8, 4) is 0 Å². The molecular weight excluding hydrogens is 290 g/mol. The standard InChI is InChI=1S/C16H16F2N2O2/c1-10(15(21)11-5-7-12(17)8-6-11)19-16(22)20-14-4-2-3-13(18)9-14/h2-10,15,21H,1H3,(H2,19,20,22). The molecule has 2 amide bonds. The van der Waals surface area contributed by atoms with E-state index in [1.807, 2.05) is 0 Å². The largest absolute Gasteiger partial charge is 0.386 e. The molecule has 0 bridgehead atoms. The predicted molar refractivity (Wildman–Crippen MR) is 79.4 cm³/mol. The molecule has 2 atom stereocenters. The second-order valence-corrected chi connectivity index (χ2v) is 4.89. The number of aliphatic hydroxyl groups excluding tert-OH is 1. The van der Waals surface area contributed by atoms with Crippen LogP contribution in [0.3, 0.4) is 0 Å². The molecule has 3 N–H and O–H groups in total. The number of carbonyl (C=O) groups excluding carboxylic acids is 1. The van der Waals surface area contributed by atoms with Crippen LogP contribution in [-0.2, 0) is 0 Å². The van der Waals surface area contributed by atoms with E-state index in [1.165, 1.54) is 42.5 Å². The summed E-state index contributed by atoms with van der Waals surface area (Å²) < 4.78 is 25.9. The van der Waals surface area contributed by atoms with E-state index in [9.17, 15) is 18.7 Å². The Morgan fingerprint density at radius 1 is 1.09 bits per heavy atom. The topological polar surface area (TPSA) is 61.4 Å². The van der Waals surface area contributed by atoms with Crippen molar-refractivity contribution in [2.45, 2.75) is 19.1 Å². The molecule has 2 unspecified atom stereocenters. The molecule has 0 saturated carbocycles. The van der Waals surface area contributed by atoms with Crippen LogP contribution in [0.25, 0.3) is 0 Å². The van der Waals surface area contributed by atoms with Gasteiger partial charge in [0.15, 0.2) is 0 Å². The maximum Gasteiger partial charge on any atom is 0.319 e. The first-order valence-corrected chi connectivity index (χ1v) is 6.72. The third-order valence-corrected chi connectivity index (χ3v) is 3.13. The Kier molecular flexibility index (Phi) is 5.06. The van der Waals surface area contributed by atoms with E-state index in [1.54, 1.807) is 13.0 Å². The molecule has 0 saturated heterocycles. The zero-order valence-corrected chi connectivity index (χ0v) is 11.9. The minimum absolute atomic E-state index is 0.306. The molecule has 0 spiro atoms. The molecule has 2 aromatic rings. The molecule has 0 fully saturated rings. The zero-order valence-electron chi connectivity index (χ0n) is 11.9. The number of aliphatic hydroxyl groups is 1. The van der Waals surface area contributed by atoms with Gasteiger partial charge in [0.05, 0.1) is 12.1 Å². The van der Waals surface area contributed by atoms with Crippen LogP contribution in [0.4, 0.5) is 19.3 Å². The summed E-state index contributed by atoms with van der Waals surface area (Å²) in [6.45, 7) is 1.61. The van der Waals surface area contributed by atoms with Gasteiger partial charge in [-0.15, -0.1) is 0 Å². The lowest BCUT2D eigenvalue weighted by atomic mass is 10.0. The SMILES string of the molecule is CC(NC(=O)Nc1cccc(F)c1)C(O)c1ccc(F)cc1. The Bertz CT molecular complexity index is 647. The Hall–Kier alpha value is -2.47. The molecule has 0 heterocycles. The van der Waals surface area contributed by atoms with Crippen molar-refractivity contribution < 1.29 is 18.7 Å². The van der Waals surface area contributed by atoms with Gasteiger partial charge in [-0.05, 0) is 42.8 Å². The van der Waals surface area contributed by atoms with E-state index >= 15 is 0 Å². The van der Waals surface area contributed by atoms with Crippen LogP contribution < -0.4 is 10.6 Å². The summed E-state index contributed by atoms with van der Waals surface area (Å²) in [4.78, 5) is 11.8. The molecule has 2 rings (SSSR count). The van der Waals surface area contributed by atoms with Crippen molar-refractivity contribution >= 4 is 11.7 Å². The van der Waals surface area contributed by atoms with Crippen molar-refractivity contribution in [2.24, 2.45) is 0 Å². The number of urea groups is 1. The predicted octanol–water partition coefficient (Wildman–Crippen LogP) is 3.21.